The van der Waals surface area contributed by atoms with Crippen molar-refractivity contribution in [3.63, 3.8) is 0 Å². The first-order valence-corrected chi connectivity index (χ1v) is 8.53. The predicted molar refractivity (Wildman–Crippen MR) is 82.2 cm³/mol. The number of hydrogen-bond acceptors (Lipinski definition) is 5. The van der Waals surface area contributed by atoms with Crippen molar-refractivity contribution in [3.8, 4) is 0 Å². The molecule has 0 bridgehead atoms. The summed E-state index contributed by atoms with van der Waals surface area (Å²) in [6.07, 6.45) is -0.00544. The topological polar surface area (TPSA) is 139 Å². The van der Waals surface area contributed by atoms with Crippen molar-refractivity contribution >= 4 is 27.5 Å². The Morgan fingerprint density at radius 1 is 1.27 bits per heavy atom. The van der Waals surface area contributed by atoms with E-state index in [1.54, 1.807) is 24.3 Å². The molecule has 8 nitrogen and oxygen atoms in total. The Bertz CT molecular complexity index is 628. The maximum absolute atomic E-state index is 11.7. The van der Waals surface area contributed by atoms with Crippen LogP contribution in [0.1, 0.15) is 12.0 Å². The summed E-state index contributed by atoms with van der Waals surface area (Å²) >= 11 is 0. The molecule has 0 aliphatic carbocycles. The summed E-state index contributed by atoms with van der Waals surface area (Å²) in [5.41, 5.74) is 6.80. The van der Waals surface area contributed by atoms with Gasteiger partial charge in [-0.25, -0.2) is 13.2 Å². The Morgan fingerprint density at radius 2 is 1.86 bits per heavy atom. The zero-order valence-corrected chi connectivity index (χ0v) is 12.9. The highest BCUT2D eigenvalue weighted by Gasteiger charge is 2.15. The van der Waals surface area contributed by atoms with Gasteiger partial charge in [0.1, 0.15) is 9.84 Å². The Hall–Kier alpha value is -2.13. The fourth-order valence-corrected chi connectivity index (χ4v) is 2.30. The van der Waals surface area contributed by atoms with Gasteiger partial charge in [0.2, 0.25) is 5.91 Å². The van der Waals surface area contributed by atoms with Gasteiger partial charge in [-0.1, -0.05) is 12.1 Å². The average Bonchev–Trinajstić information content (AvgIpc) is 2.42. The Morgan fingerprint density at radius 3 is 2.36 bits per heavy atom. The lowest BCUT2D eigenvalue weighted by atomic mass is 10.2. The molecule has 0 fully saturated rings. The minimum Gasteiger partial charge on any atom is -0.465 e. The van der Waals surface area contributed by atoms with E-state index >= 15 is 0 Å². The largest absolute Gasteiger partial charge is 0.465 e. The zero-order valence-electron chi connectivity index (χ0n) is 12.1. The third kappa shape index (κ3) is 7.04. The maximum atomic E-state index is 11.7. The number of anilines is 1. The summed E-state index contributed by atoms with van der Waals surface area (Å²) in [5.74, 6) is -0.576. The number of nitrogens with two attached hydrogens (primary N) is 1. The van der Waals surface area contributed by atoms with Crippen LogP contribution >= 0.6 is 0 Å². The molecule has 0 saturated carbocycles. The molecule has 1 aromatic rings. The van der Waals surface area contributed by atoms with Crippen LogP contribution < -0.4 is 16.4 Å². The highest BCUT2D eigenvalue weighted by molar-refractivity contribution is 7.90. The van der Waals surface area contributed by atoms with Gasteiger partial charge in [-0.15, -0.1) is 0 Å². The number of carbonyl (C=O) groups is 2. The third-order valence-corrected chi connectivity index (χ3v) is 3.79. The van der Waals surface area contributed by atoms with Gasteiger partial charge in [0.05, 0.1) is 11.8 Å². The summed E-state index contributed by atoms with van der Waals surface area (Å²) in [6, 6.07) is 5.57. The first kappa shape index (κ1) is 17.9. The van der Waals surface area contributed by atoms with Crippen molar-refractivity contribution in [3.05, 3.63) is 29.8 Å². The van der Waals surface area contributed by atoms with Crippen LogP contribution in [0.5, 0.6) is 0 Å². The molecule has 0 saturated heterocycles. The van der Waals surface area contributed by atoms with Crippen LogP contribution in [0.15, 0.2) is 24.3 Å². The van der Waals surface area contributed by atoms with Crippen molar-refractivity contribution in [2.24, 2.45) is 5.73 Å². The van der Waals surface area contributed by atoms with E-state index in [2.05, 4.69) is 10.6 Å². The van der Waals surface area contributed by atoms with Crippen LogP contribution in [0.3, 0.4) is 0 Å². The number of amides is 2. The second-order valence-electron chi connectivity index (χ2n) is 4.87. The van der Waals surface area contributed by atoms with Crippen molar-refractivity contribution in [1.82, 2.24) is 5.32 Å². The third-order valence-electron chi connectivity index (χ3n) is 2.81. The summed E-state index contributed by atoms with van der Waals surface area (Å²) in [5, 5.41) is 13.4. The zero-order chi connectivity index (χ0) is 16.8. The van der Waals surface area contributed by atoms with E-state index in [1.165, 1.54) is 0 Å². The summed E-state index contributed by atoms with van der Waals surface area (Å²) < 4.78 is 22.0. The average molecular weight is 329 g/mol. The molecule has 1 atom stereocenters. The number of carboxylic acid groups (broad SMARTS) is 1. The van der Waals surface area contributed by atoms with Gasteiger partial charge in [-0.3, -0.25) is 10.1 Å². The van der Waals surface area contributed by atoms with E-state index in [4.69, 9.17) is 10.8 Å². The molecule has 1 aromatic carbocycles. The van der Waals surface area contributed by atoms with E-state index in [1.807, 2.05) is 0 Å². The molecule has 122 valence electrons. The van der Waals surface area contributed by atoms with Gasteiger partial charge in [0.15, 0.2) is 0 Å². The van der Waals surface area contributed by atoms with Crippen LogP contribution in [-0.2, 0) is 21.2 Å². The van der Waals surface area contributed by atoms with Crippen molar-refractivity contribution < 1.29 is 23.1 Å². The molecular weight excluding hydrogens is 310 g/mol. The maximum Gasteiger partial charge on any atom is 0.409 e. The SMILES string of the molecule is CS(=O)(=O)CCC(N)C(=O)NCc1ccc(NC(=O)O)cc1. The molecule has 5 N–H and O–H groups in total. The molecule has 22 heavy (non-hydrogen) atoms. The molecule has 0 heterocycles. The lowest BCUT2D eigenvalue weighted by Gasteiger charge is -2.12. The molecule has 0 radical (unpaired) electrons. The standard InChI is InChI=1S/C13H19N3O5S/c1-22(20,21)7-6-11(14)12(17)15-8-9-2-4-10(5-3-9)16-13(18)19/h2-5,11,16H,6-8,14H2,1H3,(H,15,17)(H,18,19). The number of rotatable bonds is 7. The van der Waals surface area contributed by atoms with Gasteiger partial charge in [-0.05, 0) is 24.1 Å². The molecule has 9 heteroatoms. The van der Waals surface area contributed by atoms with E-state index < -0.39 is 27.9 Å². The number of hydrogen-bond donors (Lipinski definition) is 4. The summed E-state index contributed by atoms with van der Waals surface area (Å²) in [6.45, 7) is 0.221. The van der Waals surface area contributed by atoms with Gasteiger partial charge >= 0.3 is 6.09 Å². The smallest absolute Gasteiger partial charge is 0.409 e. The predicted octanol–water partition coefficient (Wildman–Crippen LogP) is 0.155. The van der Waals surface area contributed by atoms with Crippen LogP contribution in [0, 0.1) is 0 Å². The minimum atomic E-state index is -3.15. The van der Waals surface area contributed by atoms with E-state index in [0.717, 1.165) is 11.8 Å². The van der Waals surface area contributed by atoms with Crippen LogP contribution in [0.25, 0.3) is 0 Å². The Labute approximate surface area is 128 Å². The molecule has 1 unspecified atom stereocenters. The molecule has 0 spiro atoms. The van der Waals surface area contributed by atoms with Gasteiger partial charge in [-0.2, -0.15) is 0 Å². The van der Waals surface area contributed by atoms with Gasteiger partial charge in [0, 0.05) is 18.5 Å². The lowest BCUT2D eigenvalue weighted by Crippen LogP contribution is -2.41. The molecule has 2 amide bonds. The first-order valence-electron chi connectivity index (χ1n) is 6.47. The Kier molecular flexibility index (Phi) is 6.32. The van der Waals surface area contributed by atoms with Gasteiger partial charge < -0.3 is 16.2 Å². The monoisotopic (exact) mass is 329 g/mol. The highest BCUT2D eigenvalue weighted by atomic mass is 32.2. The summed E-state index contributed by atoms with van der Waals surface area (Å²) in [4.78, 5) is 22.2. The van der Waals surface area contributed by atoms with Crippen LogP contribution in [0.4, 0.5) is 10.5 Å². The molecule has 1 rings (SSSR count). The number of carbonyl (C=O) groups excluding carboxylic acids is 1. The van der Waals surface area contributed by atoms with Crippen molar-refractivity contribution in [2.75, 3.05) is 17.3 Å². The first-order chi connectivity index (χ1) is 10.2. The fraction of sp³-hybridized carbons (Fsp3) is 0.385. The van der Waals surface area contributed by atoms with E-state index in [0.29, 0.717) is 5.69 Å². The molecule has 0 aromatic heterocycles. The van der Waals surface area contributed by atoms with Crippen LogP contribution in [-0.4, -0.2) is 43.6 Å². The Balaban J connectivity index is 2.44. The second-order valence-corrected chi connectivity index (χ2v) is 7.13. The lowest BCUT2D eigenvalue weighted by molar-refractivity contribution is -0.122. The minimum absolute atomic E-state index is 0.0616. The van der Waals surface area contributed by atoms with Crippen molar-refractivity contribution in [2.45, 2.75) is 19.0 Å². The molecular formula is C13H19N3O5S. The van der Waals surface area contributed by atoms with Crippen LogP contribution in [0.2, 0.25) is 0 Å². The normalized spacial score (nSPS) is 12.5. The fourth-order valence-electron chi connectivity index (χ4n) is 1.62. The van der Waals surface area contributed by atoms with E-state index in [9.17, 15) is 18.0 Å². The number of sulfone groups is 1. The number of benzene rings is 1. The number of nitrogens with one attached hydrogen (secondary N) is 2. The molecule has 0 aliphatic heterocycles. The second kappa shape index (κ2) is 7.76. The van der Waals surface area contributed by atoms with E-state index in [-0.39, 0.29) is 18.7 Å². The highest BCUT2D eigenvalue weighted by Crippen LogP contribution is 2.09. The molecule has 0 aliphatic rings. The summed E-state index contributed by atoms with van der Waals surface area (Å²) in [7, 11) is -3.15. The van der Waals surface area contributed by atoms with Gasteiger partial charge in [0.25, 0.3) is 0 Å². The van der Waals surface area contributed by atoms with Crippen molar-refractivity contribution in [1.29, 1.82) is 0 Å². The quantitative estimate of drug-likeness (QED) is 0.562.